The number of hydrogen-bond acceptors (Lipinski definition) is 0. The van der Waals surface area contributed by atoms with E-state index in [1.165, 1.54) is 68.5 Å². The van der Waals surface area contributed by atoms with Gasteiger partial charge >= 0.3 is 0 Å². The van der Waals surface area contributed by atoms with Crippen LogP contribution in [0, 0.1) is 0 Å². The molecule has 156 valence electrons. The Morgan fingerprint density at radius 1 is 0.967 bits per heavy atom. The maximum atomic E-state index is 4.10. The van der Waals surface area contributed by atoms with E-state index in [-0.39, 0.29) is 0 Å². The normalized spacial score (nSPS) is 14.8. The molecule has 0 N–H and O–H groups in total. The zero-order chi connectivity index (χ0) is 21.7. The summed E-state index contributed by atoms with van der Waals surface area (Å²) in [6, 6.07) is 11.3. The van der Waals surface area contributed by atoms with E-state index in [0.29, 0.717) is 0 Å². The smallest absolute Gasteiger partial charge is 0.000727 e. The van der Waals surface area contributed by atoms with Crippen molar-refractivity contribution in [3.8, 4) is 11.1 Å². The number of benzene rings is 2. The fourth-order valence-corrected chi connectivity index (χ4v) is 4.57. The minimum Gasteiger partial charge on any atom is -0.0984 e. The first-order valence-corrected chi connectivity index (χ1v) is 11.7. The summed E-state index contributed by atoms with van der Waals surface area (Å²) in [5.74, 6) is 0. The van der Waals surface area contributed by atoms with E-state index in [9.17, 15) is 0 Å². The summed E-state index contributed by atoms with van der Waals surface area (Å²) < 4.78 is 0. The molecule has 0 aliphatic heterocycles. The third-order valence-corrected chi connectivity index (χ3v) is 6.25. The fourth-order valence-electron chi connectivity index (χ4n) is 4.57. The van der Waals surface area contributed by atoms with Crippen molar-refractivity contribution in [3.05, 3.63) is 88.5 Å². The van der Waals surface area contributed by atoms with Crippen molar-refractivity contribution in [1.82, 2.24) is 0 Å². The second-order valence-corrected chi connectivity index (χ2v) is 8.02. The molecule has 0 spiro atoms. The summed E-state index contributed by atoms with van der Waals surface area (Å²) in [7, 11) is 0. The maximum absolute atomic E-state index is 4.10. The van der Waals surface area contributed by atoms with Crippen molar-refractivity contribution in [2.75, 3.05) is 0 Å². The summed E-state index contributed by atoms with van der Waals surface area (Å²) in [5, 5.41) is 0. The second kappa shape index (κ2) is 9.94. The van der Waals surface area contributed by atoms with Gasteiger partial charge in [-0.25, -0.2) is 0 Å². The highest BCUT2D eigenvalue weighted by atomic mass is 14.3. The van der Waals surface area contributed by atoms with Gasteiger partial charge in [0.25, 0.3) is 0 Å². The predicted molar refractivity (Wildman–Crippen MR) is 136 cm³/mol. The summed E-state index contributed by atoms with van der Waals surface area (Å²) in [4.78, 5) is 0. The van der Waals surface area contributed by atoms with Gasteiger partial charge in [-0.2, -0.15) is 0 Å². The Kier molecular flexibility index (Phi) is 7.32. The molecular weight excluding hydrogens is 360 g/mol. The molecule has 0 saturated carbocycles. The van der Waals surface area contributed by atoms with Crippen LogP contribution in [0.3, 0.4) is 0 Å². The Labute approximate surface area is 183 Å². The van der Waals surface area contributed by atoms with Gasteiger partial charge in [-0.15, -0.1) is 0 Å². The zero-order valence-corrected chi connectivity index (χ0v) is 19.4. The van der Waals surface area contributed by atoms with Gasteiger partial charge in [0, 0.05) is 0 Å². The average molecular weight is 397 g/mol. The van der Waals surface area contributed by atoms with Crippen molar-refractivity contribution in [3.63, 3.8) is 0 Å². The van der Waals surface area contributed by atoms with E-state index in [0.717, 1.165) is 19.3 Å². The Bertz CT molecular complexity index is 1020. The van der Waals surface area contributed by atoms with Crippen LogP contribution in [0.1, 0.15) is 81.7 Å². The molecule has 0 heteroatoms. The van der Waals surface area contributed by atoms with Crippen molar-refractivity contribution in [1.29, 1.82) is 0 Å². The molecular formula is C30H36. The lowest BCUT2D eigenvalue weighted by molar-refractivity contribution is 0.886. The van der Waals surface area contributed by atoms with Crippen molar-refractivity contribution < 1.29 is 0 Å². The van der Waals surface area contributed by atoms with Crippen LogP contribution < -0.4 is 0 Å². The largest absolute Gasteiger partial charge is 0.0984 e. The molecule has 0 radical (unpaired) electrons. The molecule has 0 fully saturated rings. The first-order chi connectivity index (χ1) is 14.7. The molecule has 0 atom stereocenters. The van der Waals surface area contributed by atoms with Crippen LogP contribution in [-0.4, -0.2) is 0 Å². The van der Waals surface area contributed by atoms with Gasteiger partial charge in [-0.05, 0) is 76.3 Å². The quantitative estimate of drug-likeness (QED) is 0.475. The van der Waals surface area contributed by atoms with E-state index in [4.69, 9.17) is 0 Å². The minimum atomic E-state index is 1.03. The van der Waals surface area contributed by atoms with Gasteiger partial charge in [-0.1, -0.05) is 107 Å². The fraction of sp³-hybridized carbons (Fsp3) is 0.333. The Morgan fingerprint density at radius 2 is 1.67 bits per heavy atom. The van der Waals surface area contributed by atoms with Gasteiger partial charge in [0.1, 0.15) is 0 Å². The minimum absolute atomic E-state index is 1.03. The highest BCUT2D eigenvalue weighted by molar-refractivity contribution is 5.97. The standard InChI is InChI=1S/C24H20.C4H10.C2H6/c1-3-18-15(2)11-12-17-14-22-20-9-5-4-8-19(20)16-7-6-10-21(24(17)18)23(22)13-16;1-3-4-2;1-2/h3-10,14H,1,11-13H2,2H3;3-4H2,1-2H3;1-2H3. The third-order valence-electron chi connectivity index (χ3n) is 6.25. The average Bonchev–Trinajstić information content (AvgIpc) is 3.01. The van der Waals surface area contributed by atoms with Crippen molar-refractivity contribution in [2.24, 2.45) is 0 Å². The number of aryl methyl sites for hydroxylation is 1. The Morgan fingerprint density at radius 3 is 2.33 bits per heavy atom. The molecule has 0 amide bonds. The highest BCUT2D eigenvalue weighted by Gasteiger charge is 2.28. The maximum Gasteiger partial charge on any atom is -0.000727 e. The molecule has 0 saturated heterocycles. The first-order valence-electron chi connectivity index (χ1n) is 11.7. The molecule has 2 bridgehead atoms. The number of rotatable bonds is 2. The molecule has 5 rings (SSSR count). The van der Waals surface area contributed by atoms with Crippen LogP contribution in [0.15, 0.2) is 60.7 Å². The molecule has 3 aliphatic carbocycles. The van der Waals surface area contributed by atoms with Crippen LogP contribution in [0.25, 0.3) is 28.3 Å². The van der Waals surface area contributed by atoms with E-state index in [1.54, 1.807) is 0 Å². The lowest BCUT2D eigenvalue weighted by atomic mass is 9.75. The van der Waals surface area contributed by atoms with Gasteiger partial charge in [0.15, 0.2) is 0 Å². The lowest BCUT2D eigenvalue weighted by Crippen LogP contribution is -2.11. The Hall–Kier alpha value is -2.60. The molecule has 0 aromatic heterocycles. The Balaban J connectivity index is 0.000000385. The van der Waals surface area contributed by atoms with Gasteiger partial charge in [0.05, 0.1) is 0 Å². The number of allylic oxidation sites excluding steroid dienone is 6. The second-order valence-electron chi connectivity index (χ2n) is 8.02. The molecule has 0 unspecified atom stereocenters. The lowest BCUT2D eigenvalue weighted by Gasteiger charge is -2.29. The van der Waals surface area contributed by atoms with Gasteiger partial charge in [-0.3, -0.25) is 0 Å². The predicted octanol–water partition coefficient (Wildman–Crippen LogP) is 9.06. The molecule has 0 heterocycles. The van der Waals surface area contributed by atoms with Crippen molar-refractivity contribution >= 4 is 17.2 Å². The molecule has 3 aliphatic rings. The van der Waals surface area contributed by atoms with E-state index < -0.39 is 0 Å². The first kappa shape index (κ1) is 22.1. The SMILES string of the molecule is C=CC1=C(C)CCc2cc3c4c(c21)C=CC=C(C4)c1ccccc1-3.CC.CCCC. The monoisotopic (exact) mass is 396 g/mol. The van der Waals surface area contributed by atoms with E-state index in [2.05, 4.69) is 82.0 Å². The summed E-state index contributed by atoms with van der Waals surface area (Å²) >= 11 is 0. The molecule has 2 aromatic rings. The number of fused-ring (bicyclic) bond motifs is 6. The zero-order valence-electron chi connectivity index (χ0n) is 19.4. The van der Waals surface area contributed by atoms with Crippen LogP contribution >= 0.6 is 0 Å². The summed E-state index contributed by atoms with van der Waals surface area (Å²) in [5.41, 5.74) is 14.3. The third kappa shape index (κ3) is 3.88. The van der Waals surface area contributed by atoms with E-state index >= 15 is 0 Å². The van der Waals surface area contributed by atoms with Crippen LogP contribution in [0.5, 0.6) is 0 Å². The van der Waals surface area contributed by atoms with E-state index in [1.807, 2.05) is 13.8 Å². The van der Waals surface area contributed by atoms with Gasteiger partial charge in [0.2, 0.25) is 0 Å². The number of hydrogen-bond donors (Lipinski definition) is 0. The summed E-state index contributed by atoms with van der Waals surface area (Å²) in [6.07, 6.45) is 14.8. The van der Waals surface area contributed by atoms with Crippen LogP contribution in [0.4, 0.5) is 0 Å². The van der Waals surface area contributed by atoms with Gasteiger partial charge < -0.3 is 0 Å². The number of unbranched alkanes of at least 4 members (excludes halogenated alkanes) is 1. The summed E-state index contributed by atoms with van der Waals surface area (Å²) in [6.45, 7) is 14.7. The van der Waals surface area contributed by atoms with Crippen LogP contribution in [-0.2, 0) is 12.8 Å². The molecule has 0 nitrogen and oxygen atoms in total. The van der Waals surface area contributed by atoms with Crippen LogP contribution in [0.2, 0.25) is 0 Å². The van der Waals surface area contributed by atoms with Crippen molar-refractivity contribution in [2.45, 2.75) is 66.7 Å². The highest BCUT2D eigenvalue weighted by Crippen LogP contribution is 2.47. The topological polar surface area (TPSA) is 0 Å². The molecule has 30 heavy (non-hydrogen) atoms. The molecule has 2 aromatic carbocycles.